The number of hydrogen-bond acceptors (Lipinski definition) is 4. The molecule has 0 aliphatic rings. The maximum atomic E-state index is 13.7. The molecule has 0 aromatic heterocycles. The molecule has 0 radical (unpaired) electrons. The van der Waals surface area contributed by atoms with Crippen LogP contribution in [-0.2, 0) is 26.2 Å². The second-order valence-corrected chi connectivity index (χ2v) is 10.8. The second kappa shape index (κ2) is 12.3. The van der Waals surface area contributed by atoms with Crippen LogP contribution in [0.15, 0.2) is 83.8 Å². The van der Waals surface area contributed by atoms with Crippen molar-refractivity contribution in [2.45, 2.75) is 31.3 Å². The van der Waals surface area contributed by atoms with Crippen molar-refractivity contribution in [2.24, 2.45) is 0 Å². The van der Waals surface area contributed by atoms with Gasteiger partial charge >= 0.3 is 0 Å². The minimum absolute atomic E-state index is 0.0361. The zero-order chi connectivity index (χ0) is 26.3. The number of hydrogen-bond donors (Lipinski definition) is 1. The number of likely N-dealkylation sites (N-methyl/N-ethyl adjacent to an activating group) is 1. The van der Waals surface area contributed by atoms with E-state index in [0.717, 1.165) is 9.87 Å². The molecule has 3 rings (SSSR count). The first-order valence-electron chi connectivity index (χ1n) is 11.3. The highest BCUT2D eigenvalue weighted by molar-refractivity contribution is 7.92. The summed E-state index contributed by atoms with van der Waals surface area (Å²) in [5, 5.41) is 3.42. The van der Waals surface area contributed by atoms with Gasteiger partial charge in [0.25, 0.3) is 10.0 Å². The SMILES string of the molecule is CCNC(=O)C(C)N(Cc1ccccc1)C(=O)CN(c1cccc(Cl)c1)S(=O)(=O)c1ccc(Cl)cc1. The van der Waals surface area contributed by atoms with Gasteiger partial charge in [0.15, 0.2) is 0 Å². The average molecular weight is 548 g/mol. The Hall–Kier alpha value is -3.07. The van der Waals surface area contributed by atoms with Gasteiger partial charge in [-0.15, -0.1) is 0 Å². The molecule has 0 bridgehead atoms. The maximum Gasteiger partial charge on any atom is 0.264 e. The predicted octanol–water partition coefficient (Wildman–Crippen LogP) is 4.74. The van der Waals surface area contributed by atoms with E-state index in [1.165, 1.54) is 35.2 Å². The van der Waals surface area contributed by atoms with E-state index in [9.17, 15) is 18.0 Å². The van der Waals surface area contributed by atoms with E-state index in [1.807, 2.05) is 30.3 Å². The van der Waals surface area contributed by atoms with Crippen LogP contribution in [0, 0.1) is 0 Å². The molecule has 190 valence electrons. The minimum Gasteiger partial charge on any atom is -0.355 e. The van der Waals surface area contributed by atoms with Crippen LogP contribution in [0.3, 0.4) is 0 Å². The van der Waals surface area contributed by atoms with Gasteiger partial charge < -0.3 is 10.2 Å². The van der Waals surface area contributed by atoms with Crippen LogP contribution in [0.25, 0.3) is 0 Å². The number of halogens is 2. The van der Waals surface area contributed by atoms with Gasteiger partial charge in [-0.05, 0) is 61.9 Å². The van der Waals surface area contributed by atoms with Crippen LogP contribution in [0.5, 0.6) is 0 Å². The van der Waals surface area contributed by atoms with E-state index in [-0.39, 0.29) is 23.0 Å². The fourth-order valence-electron chi connectivity index (χ4n) is 3.58. The molecule has 3 aromatic rings. The first-order valence-corrected chi connectivity index (χ1v) is 13.5. The van der Waals surface area contributed by atoms with E-state index < -0.39 is 28.5 Å². The highest BCUT2D eigenvalue weighted by Gasteiger charge is 2.32. The molecule has 1 N–H and O–H groups in total. The Kier molecular flexibility index (Phi) is 9.37. The molecule has 0 fully saturated rings. The Labute approximate surface area is 221 Å². The molecule has 36 heavy (non-hydrogen) atoms. The first kappa shape index (κ1) is 27.5. The summed E-state index contributed by atoms with van der Waals surface area (Å²) >= 11 is 12.1. The molecule has 0 aliphatic carbocycles. The van der Waals surface area contributed by atoms with Crippen molar-refractivity contribution in [1.82, 2.24) is 10.2 Å². The van der Waals surface area contributed by atoms with Gasteiger partial charge in [-0.2, -0.15) is 0 Å². The summed E-state index contributed by atoms with van der Waals surface area (Å²) in [4.78, 5) is 27.7. The molecule has 2 amide bonds. The van der Waals surface area contributed by atoms with Gasteiger partial charge in [0.2, 0.25) is 11.8 Å². The number of amides is 2. The van der Waals surface area contributed by atoms with Gasteiger partial charge in [-0.3, -0.25) is 13.9 Å². The lowest BCUT2D eigenvalue weighted by molar-refractivity contribution is -0.139. The van der Waals surface area contributed by atoms with Crippen molar-refractivity contribution >= 4 is 50.7 Å². The van der Waals surface area contributed by atoms with Crippen molar-refractivity contribution in [3.05, 3.63) is 94.5 Å². The molecule has 1 unspecified atom stereocenters. The number of rotatable bonds is 10. The summed E-state index contributed by atoms with van der Waals surface area (Å²) in [6.45, 7) is 3.39. The quantitative estimate of drug-likeness (QED) is 0.397. The van der Waals surface area contributed by atoms with Crippen LogP contribution in [0.4, 0.5) is 5.69 Å². The van der Waals surface area contributed by atoms with Crippen molar-refractivity contribution in [3.8, 4) is 0 Å². The summed E-state index contributed by atoms with van der Waals surface area (Å²) < 4.78 is 28.3. The van der Waals surface area contributed by atoms with Gasteiger partial charge in [0, 0.05) is 23.1 Å². The lowest BCUT2D eigenvalue weighted by Crippen LogP contribution is -2.51. The van der Waals surface area contributed by atoms with Crippen LogP contribution >= 0.6 is 23.2 Å². The molecule has 7 nitrogen and oxygen atoms in total. The standard InChI is InChI=1S/C26H27Cl2N3O4S/c1-3-29-26(33)19(2)30(17-20-8-5-4-6-9-20)25(32)18-31(23-11-7-10-22(28)16-23)36(34,35)24-14-12-21(27)13-15-24/h4-16,19H,3,17-18H2,1-2H3,(H,29,33). The number of nitrogens with zero attached hydrogens (tertiary/aromatic N) is 2. The fraction of sp³-hybridized carbons (Fsp3) is 0.231. The summed E-state index contributed by atoms with van der Waals surface area (Å²) in [5.41, 5.74) is 1.02. The molecule has 0 heterocycles. The van der Waals surface area contributed by atoms with E-state index in [2.05, 4.69) is 5.32 Å². The topological polar surface area (TPSA) is 86.8 Å². The number of anilines is 1. The normalized spacial score (nSPS) is 12.0. The highest BCUT2D eigenvalue weighted by Crippen LogP contribution is 2.27. The molecule has 1 atom stereocenters. The first-order chi connectivity index (χ1) is 17.1. The Balaban J connectivity index is 2.02. The fourth-order valence-corrected chi connectivity index (χ4v) is 5.29. The van der Waals surface area contributed by atoms with Crippen LogP contribution in [0.1, 0.15) is 19.4 Å². The molecule has 10 heteroatoms. The largest absolute Gasteiger partial charge is 0.355 e. The van der Waals surface area contributed by atoms with E-state index >= 15 is 0 Å². The summed E-state index contributed by atoms with van der Waals surface area (Å²) in [6, 6.07) is 20.3. The molecular formula is C26H27Cl2N3O4S. The third-order valence-corrected chi connectivity index (χ3v) is 7.77. The smallest absolute Gasteiger partial charge is 0.264 e. The van der Waals surface area contributed by atoms with E-state index in [1.54, 1.807) is 32.0 Å². The summed E-state index contributed by atoms with van der Waals surface area (Å²) in [6.07, 6.45) is 0. The van der Waals surface area contributed by atoms with Gasteiger partial charge in [-0.25, -0.2) is 8.42 Å². The number of nitrogens with one attached hydrogen (secondary N) is 1. The zero-order valence-electron chi connectivity index (χ0n) is 19.9. The Morgan fingerprint density at radius 1 is 0.917 bits per heavy atom. The number of carbonyl (C=O) groups excluding carboxylic acids is 2. The second-order valence-electron chi connectivity index (χ2n) is 8.02. The van der Waals surface area contributed by atoms with Crippen molar-refractivity contribution in [1.29, 1.82) is 0 Å². The molecule has 3 aromatic carbocycles. The lowest BCUT2D eigenvalue weighted by atomic mass is 10.1. The van der Waals surface area contributed by atoms with Crippen LogP contribution < -0.4 is 9.62 Å². The molecule has 0 aliphatic heterocycles. The Morgan fingerprint density at radius 2 is 1.58 bits per heavy atom. The Bertz CT molecular complexity index is 1300. The maximum absolute atomic E-state index is 13.7. The van der Waals surface area contributed by atoms with Gasteiger partial charge in [0.05, 0.1) is 10.6 Å². The Morgan fingerprint density at radius 3 is 2.19 bits per heavy atom. The molecule has 0 saturated heterocycles. The highest BCUT2D eigenvalue weighted by atomic mass is 35.5. The van der Waals surface area contributed by atoms with E-state index in [0.29, 0.717) is 16.6 Å². The summed E-state index contributed by atoms with van der Waals surface area (Å²) in [5.74, 6) is -0.883. The number of sulfonamides is 1. The third kappa shape index (κ3) is 6.78. The lowest BCUT2D eigenvalue weighted by Gasteiger charge is -2.32. The average Bonchev–Trinajstić information content (AvgIpc) is 2.86. The minimum atomic E-state index is -4.18. The number of carbonyl (C=O) groups is 2. The number of benzene rings is 3. The molecule has 0 spiro atoms. The predicted molar refractivity (Wildman–Crippen MR) is 143 cm³/mol. The van der Waals surface area contributed by atoms with Crippen molar-refractivity contribution in [2.75, 3.05) is 17.4 Å². The zero-order valence-corrected chi connectivity index (χ0v) is 22.2. The van der Waals surface area contributed by atoms with E-state index in [4.69, 9.17) is 23.2 Å². The van der Waals surface area contributed by atoms with Crippen molar-refractivity contribution < 1.29 is 18.0 Å². The molecular weight excluding hydrogens is 521 g/mol. The monoisotopic (exact) mass is 547 g/mol. The van der Waals surface area contributed by atoms with Crippen LogP contribution in [0.2, 0.25) is 10.0 Å². The van der Waals surface area contributed by atoms with Gasteiger partial charge in [-0.1, -0.05) is 59.6 Å². The summed E-state index contributed by atoms with van der Waals surface area (Å²) in [7, 11) is -4.18. The van der Waals surface area contributed by atoms with Crippen LogP contribution in [-0.4, -0.2) is 44.3 Å². The van der Waals surface area contributed by atoms with Crippen molar-refractivity contribution in [3.63, 3.8) is 0 Å². The third-order valence-electron chi connectivity index (χ3n) is 5.49. The van der Waals surface area contributed by atoms with Gasteiger partial charge in [0.1, 0.15) is 12.6 Å². The molecule has 0 saturated carbocycles.